The van der Waals surface area contributed by atoms with E-state index in [-0.39, 0.29) is 5.69 Å². The second-order valence-electron chi connectivity index (χ2n) is 14.1. The van der Waals surface area contributed by atoms with E-state index in [1.165, 1.54) is 27.8 Å². The second-order valence-corrected chi connectivity index (χ2v) is 14.1. The quantitative estimate of drug-likeness (QED) is 0.172. The van der Waals surface area contributed by atoms with Gasteiger partial charge in [-0.2, -0.15) is 0 Å². The summed E-state index contributed by atoms with van der Waals surface area (Å²) in [4.78, 5) is 28.1. The summed E-state index contributed by atoms with van der Waals surface area (Å²) in [7, 11) is 3.61. The maximum Gasteiger partial charge on any atom is 0.328 e. The van der Waals surface area contributed by atoms with Gasteiger partial charge in [0.25, 0.3) is 0 Å². The molecule has 0 saturated carbocycles. The van der Waals surface area contributed by atoms with Crippen LogP contribution in [-0.2, 0) is 19.5 Å². The first kappa shape index (κ1) is 32.5. The minimum absolute atomic E-state index is 0.0410. The molecule has 0 amide bonds. The van der Waals surface area contributed by atoms with Gasteiger partial charge >= 0.3 is 5.69 Å². The number of hydrogen-bond donors (Lipinski definition) is 0. The summed E-state index contributed by atoms with van der Waals surface area (Å²) in [6, 6.07) is 61.5. The first-order valence-corrected chi connectivity index (χ1v) is 18.4. The molecule has 2 heterocycles. The maximum absolute atomic E-state index is 12.6. The van der Waals surface area contributed by atoms with Gasteiger partial charge in [-0.1, -0.05) is 164 Å². The molecular formula is C49H35N5O. The smallest absolute Gasteiger partial charge is 0.295 e. The van der Waals surface area contributed by atoms with Crippen molar-refractivity contribution in [2.24, 2.45) is 14.1 Å². The molecule has 0 aliphatic heterocycles. The van der Waals surface area contributed by atoms with E-state index in [2.05, 4.69) is 140 Å². The van der Waals surface area contributed by atoms with Crippen molar-refractivity contribution in [2.75, 3.05) is 0 Å². The molecule has 10 rings (SSSR count). The number of hydrogen-bond acceptors (Lipinski definition) is 4. The Labute approximate surface area is 318 Å². The van der Waals surface area contributed by atoms with E-state index in [1.807, 2.05) is 43.4 Å². The molecule has 7 aromatic carbocycles. The monoisotopic (exact) mass is 709 g/mol. The third kappa shape index (κ3) is 5.02. The van der Waals surface area contributed by atoms with Crippen LogP contribution in [0.3, 0.4) is 0 Å². The first-order valence-electron chi connectivity index (χ1n) is 18.4. The third-order valence-corrected chi connectivity index (χ3v) is 11.1. The molecule has 2 aromatic heterocycles. The molecule has 0 saturated heterocycles. The summed E-state index contributed by atoms with van der Waals surface area (Å²) >= 11 is 0. The normalized spacial score (nSPS) is 12.8. The Bertz CT molecular complexity index is 2910. The van der Waals surface area contributed by atoms with Gasteiger partial charge in [0.15, 0.2) is 17.5 Å². The molecule has 0 radical (unpaired) electrons. The number of fused-ring (bicyclic) bond motifs is 4. The molecule has 1 aliphatic carbocycles. The maximum atomic E-state index is 12.6. The highest BCUT2D eigenvalue weighted by atomic mass is 16.1. The van der Waals surface area contributed by atoms with Gasteiger partial charge in [-0.3, -0.25) is 9.13 Å². The van der Waals surface area contributed by atoms with Crippen molar-refractivity contribution in [1.29, 1.82) is 0 Å². The van der Waals surface area contributed by atoms with E-state index in [9.17, 15) is 4.79 Å². The summed E-state index contributed by atoms with van der Waals surface area (Å²) in [5.41, 5.74) is 13.2. The average molecular weight is 710 g/mol. The number of benzene rings is 7. The zero-order valence-electron chi connectivity index (χ0n) is 30.4. The number of aromatic nitrogens is 5. The standard InChI is InChI=1S/C49H35N5O/c1-53-42-30-29-35(31-43(42)54(2)48(53)55)32-25-27-34(28-26-32)46-50-45(33-15-6-3-7-16-33)51-47(52-46)39-22-14-24-41-44(39)38-21-12-13-23-40(38)49(41,36-17-8-4-9-18-36)37-19-10-5-11-20-37/h3-31H,1-2H3. The lowest BCUT2D eigenvalue weighted by atomic mass is 9.67. The summed E-state index contributed by atoms with van der Waals surface area (Å²) in [5, 5.41) is 0. The van der Waals surface area contributed by atoms with Gasteiger partial charge in [0, 0.05) is 30.8 Å². The van der Waals surface area contributed by atoms with E-state index in [0.29, 0.717) is 17.5 Å². The molecule has 55 heavy (non-hydrogen) atoms. The van der Waals surface area contributed by atoms with Gasteiger partial charge < -0.3 is 0 Å². The Morgan fingerprint density at radius 1 is 0.418 bits per heavy atom. The highest BCUT2D eigenvalue weighted by molar-refractivity contribution is 5.94. The average Bonchev–Trinajstić information content (AvgIpc) is 3.68. The van der Waals surface area contributed by atoms with Gasteiger partial charge in [0.05, 0.1) is 16.4 Å². The SMILES string of the molecule is Cn1c(=O)n(C)c2cc(-c3ccc(-c4nc(-c5ccccc5)nc(-c5cccc6c5-c5ccccc5C6(c5ccccc5)c5ccccc5)n4)cc3)ccc21. The van der Waals surface area contributed by atoms with E-state index >= 15 is 0 Å². The van der Waals surface area contributed by atoms with Crippen molar-refractivity contribution in [3.63, 3.8) is 0 Å². The van der Waals surface area contributed by atoms with Gasteiger partial charge in [-0.05, 0) is 56.6 Å². The van der Waals surface area contributed by atoms with Gasteiger partial charge in [0.2, 0.25) is 0 Å². The zero-order chi connectivity index (χ0) is 37.1. The third-order valence-electron chi connectivity index (χ3n) is 11.1. The highest BCUT2D eigenvalue weighted by Gasteiger charge is 2.47. The predicted molar refractivity (Wildman–Crippen MR) is 221 cm³/mol. The van der Waals surface area contributed by atoms with E-state index in [0.717, 1.165) is 44.4 Å². The van der Waals surface area contributed by atoms with Crippen molar-refractivity contribution >= 4 is 11.0 Å². The molecule has 6 heteroatoms. The fraction of sp³-hybridized carbons (Fsp3) is 0.0612. The Morgan fingerprint density at radius 2 is 0.909 bits per heavy atom. The fourth-order valence-electron chi connectivity index (χ4n) is 8.52. The van der Waals surface area contributed by atoms with Crippen LogP contribution in [0.25, 0.3) is 67.5 Å². The van der Waals surface area contributed by atoms with Crippen LogP contribution in [0.15, 0.2) is 181 Å². The summed E-state index contributed by atoms with van der Waals surface area (Å²) in [6.45, 7) is 0. The van der Waals surface area contributed by atoms with Crippen molar-refractivity contribution in [1.82, 2.24) is 24.1 Å². The molecule has 0 N–H and O–H groups in total. The van der Waals surface area contributed by atoms with Crippen molar-refractivity contribution in [3.8, 4) is 56.4 Å². The number of rotatable bonds is 6. The van der Waals surface area contributed by atoms with Crippen LogP contribution >= 0.6 is 0 Å². The largest absolute Gasteiger partial charge is 0.328 e. The van der Waals surface area contributed by atoms with Crippen molar-refractivity contribution in [2.45, 2.75) is 5.41 Å². The van der Waals surface area contributed by atoms with Crippen LogP contribution in [0.4, 0.5) is 0 Å². The second kappa shape index (κ2) is 12.7. The van der Waals surface area contributed by atoms with Gasteiger partial charge in [-0.15, -0.1) is 0 Å². The molecule has 9 aromatic rings. The van der Waals surface area contributed by atoms with E-state index in [4.69, 9.17) is 15.0 Å². The van der Waals surface area contributed by atoms with E-state index in [1.54, 1.807) is 16.2 Å². The first-order chi connectivity index (χ1) is 27.0. The van der Waals surface area contributed by atoms with Crippen molar-refractivity contribution in [3.05, 3.63) is 209 Å². The molecule has 1 aliphatic rings. The number of imidazole rings is 1. The zero-order valence-corrected chi connectivity index (χ0v) is 30.4. The summed E-state index contributed by atoms with van der Waals surface area (Å²) < 4.78 is 3.36. The molecule has 0 bridgehead atoms. The van der Waals surface area contributed by atoms with Gasteiger partial charge in [0.1, 0.15) is 0 Å². The Morgan fingerprint density at radius 3 is 1.58 bits per heavy atom. The lowest BCUT2D eigenvalue weighted by molar-refractivity contribution is 0.768. The Kier molecular flexibility index (Phi) is 7.52. The minimum Gasteiger partial charge on any atom is -0.295 e. The molecular weight excluding hydrogens is 675 g/mol. The molecule has 0 atom stereocenters. The van der Waals surface area contributed by atoms with Crippen LogP contribution in [0, 0.1) is 0 Å². The Balaban J connectivity index is 1.16. The number of nitrogens with zero attached hydrogens (tertiary/aromatic N) is 5. The van der Waals surface area contributed by atoms with Crippen LogP contribution in [0.1, 0.15) is 22.3 Å². The molecule has 262 valence electrons. The lowest BCUT2D eigenvalue weighted by Crippen LogP contribution is -2.28. The number of aryl methyl sites for hydroxylation is 2. The minimum atomic E-state index is -0.534. The molecule has 0 unspecified atom stereocenters. The molecule has 0 spiro atoms. The van der Waals surface area contributed by atoms with E-state index < -0.39 is 5.41 Å². The van der Waals surface area contributed by atoms with Crippen molar-refractivity contribution < 1.29 is 0 Å². The van der Waals surface area contributed by atoms with Crippen LogP contribution in [0.5, 0.6) is 0 Å². The Hall–Kier alpha value is -7.18. The van der Waals surface area contributed by atoms with Crippen LogP contribution in [0.2, 0.25) is 0 Å². The topological polar surface area (TPSA) is 65.6 Å². The van der Waals surface area contributed by atoms with Crippen LogP contribution < -0.4 is 5.69 Å². The van der Waals surface area contributed by atoms with Gasteiger partial charge in [-0.25, -0.2) is 19.7 Å². The summed E-state index contributed by atoms with van der Waals surface area (Å²) in [6.07, 6.45) is 0. The highest BCUT2D eigenvalue weighted by Crippen LogP contribution is 2.58. The summed E-state index contributed by atoms with van der Waals surface area (Å²) in [5.74, 6) is 1.82. The lowest BCUT2D eigenvalue weighted by Gasteiger charge is -2.33. The molecule has 0 fully saturated rings. The predicted octanol–water partition coefficient (Wildman–Crippen LogP) is 10.1. The molecule has 6 nitrogen and oxygen atoms in total. The van der Waals surface area contributed by atoms with Crippen LogP contribution in [-0.4, -0.2) is 24.1 Å². The fourth-order valence-corrected chi connectivity index (χ4v) is 8.52.